The van der Waals surface area contributed by atoms with Crippen molar-refractivity contribution in [2.45, 2.75) is 39.7 Å². The molecule has 1 aromatic carbocycles. The minimum atomic E-state index is -1.09. The Bertz CT molecular complexity index is 951. The zero-order valence-electron chi connectivity index (χ0n) is 16.5. The minimum absolute atomic E-state index is 0.0449. The second-order valence-electron chi connectivity index (χ2n) is 8.05. The Labute approximate surface area is 166 Å². The topological polar surface area (TPSA) is 88.8 Å². The van der Waals surface area contributed by atoms with Crippen molar-refractivity contribution in [1.82, 2.24) is 5.32 Å². The lowest BCUT2D eigenvalue weighted by atomic mass is 9.76. The molecule has 2 aromatic rings. The zero-order valence-corrected chi connectivity index (χ0v) is 16.5. The lowest BCUT2D eigenvalue weighted by molar-refractivity contribution is 0.0815. The third-order valence-electron chi connectivity index (χ3n) is 4.81. The van der Waals surface area contributed by atoms with Crippen molar-refractivity contribution in [3.63, 3.8) is 0 Å². The first-order valence-corrected chi connectivity index (χ1v) is 9.27. The van der Waals surface area contributed by atoms with E-state index in [0.717, 1.165) is 12.1 Å². The predicted octanol–water partition coefficient (Wildman–Crippen LogP) is 3.19. The molecular formula is C21H23F2NO5. The van der Waals surface area contributed by atoms with Crippen LogP contribution in [0.1, 0.15) is 52.5 Å². The van der Waals surface area contributed by atoms with E-state index in [2.05, 4.69) is 5.32 Å². The van der Waals surface area contributed by atoms with Crippen LogP contribution < -0.4 is 10.1 Å². The minimum Gasteiger partial charge on any atom is -0.491 e. The number of fused-ring (bicyclic) bond motifs is 1. The molecule has 1 unspecified atom stereocenters. The molecule has 3 rings (SSSR count). The Kier molecular flexibility index (Phi) is 5.75. The van der Waals surface area contributed by atoms with Crippen LogP contribution >= 0.6 is 0 Å². The molecule has 1 aromatic heterocycles. The van der Waals surface area contributed by atoms with Crippen LogP contribution in [0, 0.1) is 24.0 Å². The lowest BCUT2D eigenvalue weighted by Crippen LogP contribution is -2.35. The van der Waals surface area contributed by atoms with Crippen LogP contribution in [-0.4, -0.2) is 36.1 Å². The number of rotatable bonds is 6. The van der Waals surface area contributed by atoms with Crippen molar-refractivity contribution in [2.75, 3.05) is 13.2 Å². The highest BCUT2D eigenvalue weighted by Crippen LogP contribution is 2.38. The molecule has 6 nitrogen and oxygen atoms in total. The normalized spacial score (nSPS) is 16.3. The molecule has 29 heavy (non-hydrogen) atoms. The van der Waals surface area contributed by atoms with E-state index in [4.69, 9.17) is 9.15 Å². The van der Waals surface area contributed by atoms with Gasteiger partial charge in [-0.25, -0.2) is 8.78 Å². The maximum Gasteiger partial charge on any atom is 0.287 e. The first kappa shape index (κ1) is 21.0. The zero-order chi connectivity index (χ0) is 21.3. The third-order valence-corrected chi connectivity index (χ3v) is 4.81. The van der Waals surface area contributed by atoms with Gasteiger partial charge in [-0.15, -0.1) is 0 Å². The van der Waals surface area contributed by atoms with Gasteiger partial charge >= 0.3 is 0 Å². The molecule has 0 fully saturated rings. The summed E-state index contributed by atoms with van der Waals surface area (Å²) in [5, 5.41) is 12.5. The average molecular weight is 407 g/mol. The molecule has 0 aliphatic heterocycles. The summed E-state index contributed by atoms with van der Waals surface area (Å²) in [4.78, 5) is 24.8. The molecule has 0 spiro atoms. The van der Waals surface area contributed by atoms with Crippen molar-refractivity contribution < 1.29 is 32.6 Å². The summed E-state index contributed by atoms with van der Waals surface area (Å²) in [6.07, 6.45) is -0.133. The number of aliphatic hydroxyl groups excluding tert-OH is 1. The second kappa shape index (κ2) is 7.94. The predicted molar refractivity (Wildman–Crippen MR) is 100 cm³/mol. The van der Waals surface area contributed by atoms with E-state index in [1.165, 1.54) is 6.07 Å². The van der Waals surface area contributed by atoms with E-state index in [0.29, 0.717) is 29.7 Å². The van der Waals surface area contributed by atoms with E-state index in [1.807, 2.05) is 13.8 Å². The molecule has 0 bridgehead atoms. The highest BCUT2D eigenvalue weighted by atomic mass is 19.2. The second-order valence-corrected chi connectivity index (χ2v) is 8.05. The van der Waals surface area contributed by atoms with E-state index in [9.17, 15) is 23.5 Å². The van der Waals surface area contributed by atoms with Gasteiger partial charge in [-0.1, -0.05) is 13.8 Å². The van der Waals surface area contributed by atoms with Gasteiger partial charge in [0.2, 0.25) is 0 Å². The number of furan rings is 1. The standard InChI is InChI=1S/C21H23F2NO5/c1-11-18-16(26)7-21(2,3)8-17(18)29-19(11)20(27)24-9-12(25)10-28-13-4-5-14(22)15(23)6-13/h4-6,12,25H,7-10H2,1-3H3,(H,24,27). The molecule has 156 valence electrons. The molecule has 1 aliphatic rings. The summed E-state index contributed by atoms with van der Waals surface area (Å²) in [6.45, 7) is 5.22. The molecule has 1 heterocycles. The van der Waals surface area contributed by atoms with Crippen molar-refractivity contribution in [3.05, 3.63) is 52.5 Å². The van der Waals surface area contributed by atoms with E-state index < -0.39 is 23.6 Å². The molecule has 8 heteroatoms. The monoisotopic (exact) mass is 407 g/mol. The number of carbonyl (C=O) groups excluding carboxylic acids is 2. The summed E-state index contributed by atoms with van der Waals surface area (Å²) in [6, 6.07) is 3.03. The molecule has 2 N–H and O–H groups in total. The number of ether oxygens (including phenoxy) is 1. The van der Waals surface area contributed by atoms with Crippen LogP contribution in [0.4, 0.5) is 8.78 Å². The van der Waals surface area contributed by atoms with Gasteiger partial charge in [-0.3, -0.25) is 9.59 Å². The highest BCUT2D eigenvalue weighted by molar-refractivity contribution is 6.03. The molecule has 1 atom stereocenters. The number of hydrogen-bond donors (Lipinski definition) is 2. The van der Waals surface area contributed by atoms with Gasteiger partial charge in [0.05, 0.1) is 5.56 Å². The number of ketones is 1. The Balaban J connectivity index is 1.58. The number of carbonyl (C=O) groups is 2. The lowest BCUT2D eigenvalue weighted by Gasteiger charge is -2.27. The molecule has 1 amide bonds. The van der Waals surface area contributed by atoms with Gasteiger partial charge < -0.3 is 19.6 Å². The first-order chi connectivity index (χ1) is 13.6. The maximum absolute atomic E-state index is 13.1. The quantitative estimate of drug-likeness (QED) is 0.768. The first-order valence-electron chi connectivity index (χ1n) is 9.27. The van der Waals surface area contributed by atoms with Crippen LogP contribution in [-0.2, 0) is 6.42 Å². The molecular weight excluding hydrogens is 384 g/mol. The van der Waals surface area contributed by atoms with Crippen LogP contribution in [0.2, 0.25) is 0 Å². The van der Waals surface area contributed by atoms with Gasteiger partial charge in [-0.2, -0.15) is 0 Å². The van der Waals surface area contributed by atoms with Gasteiger partial charge in [0.25, 0.3) is 5.91 Å². The number of halogens is 2. The smallest absolute Gasteiger partial charge is 0.287 e. The van der Waals surface area contributed by atoms with Crippen molar-refractivity contribution in [3.8, 4) is 5.75 Å². The summed E-state index contributed by atoms with van der Waals surface area (Å²) >= 11 is 0. The summed E-state index contributed by atoms with van der Waals surface area (Å²) in [5.41, 5.74) is 0.734. The van der Waals surface area contributed by atoms with Gasteiger partial charge in [0.15, 0.2) is 23.2 Å². The Morgan fingerprint density at radius 1 is 1.31 bits per heavy atom. The third kappa shape index (κ3) is 4.64. The number of nitrogens with one attached hydrogen (secondary N) is 1. The fraction of sp³-hybridized carbons (Fsp3) is 0.429. The fourth-order valence-electron chi connectivity index (χ4n) is 3.41. The number of Topliss-reactive ketones (excluding diaryl/α,β-unsaturated/α-hetero) is 1. The maximum atomic E-state index is 13.1. The van der Waals surface area contributed by atoms with E-state index in [-0.39, 0.29) is 35.9 Å². The summed E-state index contributed by atoms with van der Waals surface area (Å²) in [5.74, 6) is -2.02. The molecule has 1 aliphatic carbocycles. The van der Waals surface area contributed by atoms with Gasteiger partial charge in [0, 0.05) is 31.0 Å². The number of aliphatic hydroxyl groups is 1. The number of amides is 1. The van der Waals surface area contributed by atoms with E-state index in [1.54, 1.807) is 6.92 Å². The highest BCUT2D eigenvalue weighted by Gasteiger charge is 2.37. The van der Waals surface area contributed by atoms with Crippen LogP contribution in [0.3, 0.4) is 0 Å². The van der Waals surface area contributed by atoms with Crippen LogP contribution in [0.5, 0.6) is 5.75 Å². The van der Waals surface area contributed by atoms with E-state index >= 15 is 0 Å². The Morgan fingerprint density at radius 3 is 2.72 bits per heavy atom. The number of benzene rings is 1. The van der Waals surface area contributed by atoms with Gasteiger partial charge in [0.1, 0.15) is 24.2 Å². The summed E-state index contributed by atoms with van der Waals surface area (Å²) in [7, 11) is 0. The Hall–Kier alpha value is -2.74. The molecule has 0 saturated heterocycles. The van der Waals surface area contributed by atoms with Crippen molar-refractivity contribution >= 4 is 11.7 Å². The molecule has 0 radical (unpaired) electrons. The van der Waals surface area contributed by atoms with Gasteiger partial charge in [-0.05, 0) is 24.5 Å². The van der Waals surface area contributed by atoms with Crippen LogP contribution in [0.25, 0.3) is 0 Å². The number of hydrogen-bond acceptors (Lipinski definition) is 5. The Morgan fingerprint density at radius 2 is 2.03 bits per heavy atom. The largest absolute Gasteiger partial charge is 0.491 e. The van der Waals surface area contributed by atoms with Crippen molar-refractivity contribution in [2.24, 2.45) is 5.41 Å². The van der Waals surface area contributed by atoms with Crippen LogP contribution in [0.15, 0.2) is 22.6 Å². The fourth-order valence-corrected chi connectivity index (χ4v) is 3.41. The summed E-state index contributed by atoms with van der Waals surface area (Å²) < 4.78 is 36.9. The van der Waals surface area contributed by atoms with Crippen molar-refractivity contribution in [1.29, 1.82) is 0 Å². The SMILES string of the molecule is Cc1c(C(=O)NCC(O)COc2ccc(F)c(F)c2)oc2c1C(=O)CC(C)(C)C2. The average Bonchev–Trinajstić information content (AvgIpc) is 2.96. The molecule has 0 saturated carbocycles.